The van der Waals surface area contributed by atoms with E-state index in [0.717, 1.165) is 39.0 Å². The minimum atomic E-state index is 0.885. The van der Waals surface area contributed by atoms with Crippen LogP contribution in [0.25, 0.3) is 65.0 Å². The molecule has 42 heavy (non-hydrogen) atoms. The minimum absolute atomic E-state index is 0.885. The van der Waals surface area contributed by atoms with E-state index in [0.29, 0.717) is 0 Å². The van der Waals surface area contributed by atoms with Gasteiger partial charge in [0.2, 0.25) is 0 Å². The highest BCUT2D eigenvalue weighted by atomic mass is 16.3. The molecule has 0 unspecified atom stereocenters. The van der Waals surface area contributed by atoms with Crippen molar-refractivity contribution in [2.45, 2.75) is 0 Å². The topological polar surface area (TPSA) is 16.4 Å². The van der Waals surface area contributed by atoms with Gasteiger partial charge in [-0.05, 0) is 80.2 Å². The Morgan fingerprint density at radius 3 is 1.90 bits per heavy atom. The average Bonchev–Trinajstić information content (AvgIpc) is 3.42. The first-order chi connectivity index (χ1) is 20.8. The van der Waals surface area contributed by atoms with Crippen LogP contribution in [0.15, 0.2) is 156 Å². The zero-order chi connectivity index (χ0) is 27.6. The quantitative estimate of drug-likeness (QED) is 0.209. The Labute approximate surface area is 242 Å². The Bertz CT molecular complexity index is 2470. The van der Waals surface area contributed by atoms with Gasteiger partial charge in [0.25, 0.3) is 0 Å². The van der Waals surface area contributed by atoms with Gasteiger partial charge in [-0.3, -0.25) is 0 Å². The first-order valence-electron chi connectivity index (χ1n) is 14.4. The van der Waals surface area contributed by atoms with Crippen LogP contribution >= 0.6 is 0 Å². The van der Waals surface area contributed by atoms with Gasteiger partial charge in [-0.15, -0.1) is 0 Å². The van der Waals surface area contributed by atoms with Gasteiger partial charge in [0, 0.05) is 16.5 Å². The molecule has 0 aliphatic rings. The highest BCUT2D eigenvalue weighted by Crippen LogP contribution is 2.46. The van der Waals surface area contributed by atoms with Crippen LogP contribution in [0.4, 0.5) is 17.1 Å². The van der Waals surface area contributed by atoms with Crippen molar-refractivity contribution in [3.63, 3.8) is 0 Å². The third-order valence-electron chi connectivity index (χ3n) is 8.58. The molecule has 2 heteroatoms. The Hall–Kier alpha value is -5.60. The van der Waals surface area contributed by atoms with Crippen molar-refractivity contribution in [1.82, 2.24) is 0 Å². The van der Waals surface area contributed by atoms with Crippen LogP contribution in [0.5, 0.6) is 0 Å². The Kier molecular flexibility index (Phi) is 4.93. The minimum Gasteiger partial charge on any atom is -0.456 e. The van der Waals surface area contributed by atoms with E-state index in [1.165, 1.54) is 43.1 Å². The van der Waals surface area contributed by atoms with E-state index in [1.807, 2.05) is 0 Å². The van der Waals surface area contributed by atoms with E-state index in [4.69, 9.17) is 4.42 Å². The highest BCUT2D eigenvalue weighted by molar-refractivity contribution is 6.23. The van der Waals surface area contributed by atoms with E-state index < -0.39 is 0 Å². The molecule has 0 fully saturated rings. The van der Waals surface area contributed by atoms with Crippen molar-refractivity contribution in [3.8, 4) is 0 Å². The predicted octanol–water partition coefficient (Wildman–Crippen LogP) is 11.7. The van der Waals surface area contributed by atoms with E-state index >= 15 is 0 Å². The maximum atomic E-state index is 6.49. The standard InChI is InChI=1S/C40H25NO/c1-2-13-30(14-3-1)41(36-18-9-19-37-40(36)34-24-28-11-4-5-12-29(28)25-38(34)42-37)35-17-8-16-33-32(35)23-22-27-21-20-26-10-6-7-15-31(26)39(27)33/h1-25H. The number of rotatable bonds is 3. The summed E-state index contributed by atoms with van der Waals surface area (Å²) in [6.45, 7) is 0. The summed E-state index contributed by atoms with van der Waals surface area (Å²) in [5.74, 6) is 0. The summed E-state index contributed by atoms with van der Waals surface area (Å²) in [6, 6.07) is 54.3. The third kappa shape index (κ3) is 3.39. The molecule has 2 nitrogen and oxygen atoms in total. The molecule has 1 aromatic heterocycles. The first-order valence-corrected chi connectivity index (χ1v) is 14.4. The fraction of sp³-hybridized carbons (Fsp3) is 0. The Balaban J connectivity index is 1.39. The maximum Gasteiger partial charge on any atom is 0.137 e. The molecule has 9 rings (SSSR count). The van der Waals surface area contributed by atoms with Crippen molar-refractivity contribution in [2.24, 2.45) is 0 Å². The molecule has 0 radical (unpaired) electrons. The lowest BCUT2D eigenvalue weighted by molar-refractivity contribution is 0.669. The van der Waals surface area contributed by atoms with Gasteiger partial charge >= 0.3 is 0 Å². The molecule has 8 aromatic carbocycles. The van der Waals surface area contributed by atoms with Crippen molar-refractivity contribution in [2.75, 3.05) is 4.90 Å². The Morgan fingerprint density at radius 2 is 1.02 bits per heavy atom. The van der Waals surface area contributed by atoms with Crippen molar-refractivity contribution >= 4 is 82.1 Å². The van der Waals surface area contributed by atoms with Gasteiger partial charge in [0.1, 0.15) is 11.2 Å². The van der Waals surface area contributed by atoms with E-state index in [9.17, 15) is 0 Å². The highest BCUT2D eigenvalue weighted by Gasteiger charge is 2.21. The summed E-state index contributed by atoms with van der Waals surface area (Å²) in [6.07, 6.45) is 0. The van der Waals surface area contributed by atoms with E-state index in [2.05, 4.69) is 157 Å². The predicted molar refractivity (Wildman–Crippen MR) is 178 cm³/mol. The largest absolute Gasteiger partial charge is 0.456 e. The number of hydrogen-bond donors (Lipinski definition) is 0. The summed E-state index contributed by atoms with van der Waals surface area (Å²) in [4.78, 5) is 2.39. The van der Waals surface area contributed by atoms with Gasteiger partial charge in [0.15, 0.2) is 0 Å². The number of hydrogen-bond acceptors (Lipinski definition) is 2. The lowest BCUT2D eigenvalue weighted by Crippen LogP contribution is -2.10. The van der Waals surface area contributed by atoms with Crippen LogP contribution < -0.4 is 4.90 Å². The second kappa shape index (κ2) is 8.95. The second-order valence-electron chi connectivity index (χ2n) is 10.9. The fourth-order valence-corrected chi connectivity index (χ4v) is 6.71. The molecule has 0 N–H and O–H groups in total. The summed E-state index contributed by atoms with van der Waals surface area (Å²) in [5.41, 5.74) is 5.12. The average molecular weight is 536 g/mol. The molecular formula is C40H25NO. The van der Waals surface area contributed by atoms with Crippen molar-refractivity contribution in [3.05, 3.63) is 152 Å². The molecule has 9 aromatic rings. The molecule has 0 saturated carbocycles. The van der Waals surface area contributed by atoms with Crippen LogP contribution in [-0.4, -0.2) is 0 Å². The lowest BCUT2D eigenvalue weighted by Gasteiger charge is -2.27. The molecule has 1 heterocycles. The first kappa shape index (κ1) is 23.1. The smallest absolute Gasteiger partial charge is 0.137 e. The molecular weight excluding hydrogens is 510 g/mol. The summed E-state index contributed by atoms with van der Waals surface area (Å²) >= 11 is 0. The normalized spacial score (nSPS) is 11.8. The zero-order valence-corrected chi connectivity index (χ0v) is 22.8. The molecule has 0 aliphatic carbocycles. The summed E-state index contributed by atoms with van der Waals surface area (Å²) in [5, 5.41) is 12.2. The molecule has 196 valence electrons. The molecule has 0 bridgehead atoms. The fourth-order valence-electron chi connectivity index (χ4n) is 6.71. The van der Waals surface area contributed by atoms with E-state index in [-0.39, 0.29) is 0 Å². The van der Waals surface area contributed by atoms with Crippen LogP contribution in [0.1, 0.15) is 0 Å². The molecule has 0 aliphatic heterocycles. The van der Waals surface area contributed by atoms with Gasteiger partial charge in [-0.1, -0.05) is 109 Å². The van der Waals surface area contributed by atoms with Crippen LogP contribution in [0.2, 0.25) is 0 Å². The van der Waals surface area contributed by atoms with Gasteiger partial charge < -0.3 is 9.32 Å². The number of anilines is 3. The maximum absolute atomic E-state index is 6.49. The van der Waals surface area contributed by atoms with Crippen LogP contribution in [-0.2, 0) is 0 Å². The Morgan fingerprint density at radius 1 is 0.357 bits per heavy atom. The molecule has 0 atom stereocenters. The number of nitrogens with zero attached hydrogens (tertiary/aromatic N) is 1. The number of benzene rings is 8. The van der Waals surface area contributed by atoms with Crippen molar-refractivity contribution in [1.29, 1.82) is 0 Å². The van der Waals surface area contributed by atoms with E-state index in [1.54, 1.807) is 0 Å². The van der Waals surface area contributed by atoms with Gasteiger partial charge in [0.05, 0.1) is 16.8 Å². The third-order valence-corrected chi connectivity index (χ3v) is 8.58. The van der Waals surface area contributed by atoms with Crippen molar-refractivity contribution < 1.29 is 4.42 Å². The number of para-hydroxylation sites is 1. The summed E-state index contributed by atoms with van der Waals surface area (Å²) in [7, 11) is 0. The monoisotopic (exact) mass is 535 g/mol. The van der Waals surface area contributed by atoms with Crippen LogP contribution in [0.3, 0.4) is 0 Å². The molecule has 0 amide bonds. The lowest BCUT2D eigenvalue weighted by atomic mass is 9.95. The number of fused-ring (bicyclic) bond motifs is 9. The zero-order valence-electron chi connectivity index (χ0n) is 22.8. The van der Waals surface area contributed by atoms with Gasteiger partial charge in [-0.25, -0.2) is 0 Å². The van der Waals surface area contributed by atoms with Gasteiger partial charge in [-0.2, -0.15) is 0 Å². The van der Waals surface area contributed by atoms with Crippen LogP contribution in [0, 0.1) is 0 Å². The summed E-state index contributed by atoms with van der Waals surface area (Å²) < 4.78 is 6.49. The molecule has 0 saturated heterocycles. The SMILES string of the molecule is c1ccc(N(c2cccc3c2ccc2ccc4ccccc4c23)c2cccc3oc4cc5ccccc5cc4c23)cc1. The second-order valence-corrected chi connectivity index (χ2v) is 10.9. The number of furan rings is 1. The molecule has 0 spiro atoms.